The molecule has 3 heterocycles. The Hall–Kier alpha value is -3.54. The number of H-pyrrole nitrogens is 1. The quantitative estimate of drug-likeness (QED) is 0.541. The molecular formula is C21H16FN3O2. The topological polar surface area (TPSA) is 67.9 Å². The van der Waals surface area contributed by atoms with Crippen LogP contribution in [-0.2, 0) is 6.61 Å². The number of nitrogens with zero attached hydrogens (tertiary/aromatic N) is 2. The van der Waals surface area contributed by atoms with Crippen molar-refractivity contribution < 1.29 is 13.9 Å². The van der Waals surface area contributed by atoms with Crippen LogP contribution in [0.1, 0.15) is 27.0 Å². The molecule has 3 aromatic heterocycles. The number of benzene rings is 1. The highest BCUT2D eigenvalue weighted by atomic mass is 19.1. The molecule has 0 amide bonds. The van der Waals surface area contributed by atoms with Crippen LogP contribution in [0.4, 0.5) is 4.39 Å². The van der Waals surface area contributed by atoms with Crippen LogP contribution in [0.2, 0.25) is 0 Å². The monoisotopic (exact) mass is 361 g/mol. The van der Waals surface area contributed by atoms with E-state index in [-0.39, 0.29) is 17.9 Å². The number of aromatic amines is 1. The van der Waals surface area contributed by atoms with E-state index in [9.17, 15) is 4.79 Å². The number of carbonyl (C=O) groups excluding carboxylic acids is 1. The molecule has 1 aromatic carbocycles. The summed E-state index contributed by atoms with van der Waals surface area (Å²) in [6, 6.07) is 10.3. The fraction of sp³-hybridized carbons (Fsp3) is 0.0952. The number of aryl methyl sites for hydroxylation is 1. The molecule has 0 fully saturated rings. The number of rotatable bonds is 5. The van der Waals surface area contributed by atoms with Gasteiger partial charge in [0.05, 0.1) is 5.56 Å². The molecule has 6 heteroatoms. The van der Waals surface area contributed by atoms with E-state index in [4.69, 9.17) is 4.74 Å². The van der Waals surface area contributed by atoms with Gasteiger partial charge in [0.1, 0.15) is 12.3 Å². The van der Waals surface area contributed by atoms with Crippen LogP contribution in [0.5, 0.6) is 5.75 Å². The molecule has 0 aliphatic carbocycles. The molecule has 0 radical (unpaired) electrons. The van der Waals surface area contributed by atoms with E-state index in [0.717, 1.165) is 5.56 Å². The zero-order valence-electron chi connectivity index (χ0n) is 14.6. The van der Waals surface area contributed by atoms with Gasteiger partial charge in [-0.1, -0.05) is 6.07 Å². The molecule has 134 valence electrons. The van der Waals surface area contributed by atoms with Crippen molar-refractivity contribution in [1.29, 1.82) is 0 Å². The molecule has 0 saturated heterocycles. The molecule has 5 nitrogen and oxygen atoms in total. The summed E-state index contributed by atoms with van der Waals surface area (Å²) < 4.78 is 20.7. The van der Waals surface area contributed by atoms with E-state index in [1.807, 2.05) is 0 Å². The first kappa shape index (κ1) is 16.9. The second-order valence-electron chi connectivity index (χ2n) is 6.14. The molecule has 4 aromatic rings. The van der Waals surface area contributed by atoms with Gasteiger partial charge in [0.15, 0.2) is 17.3 Å². The Morgan fingerprint density at radius 3 is 2.78 bits per heavy atom. The standard InChI is InChI=1S/C21H16FN3O2/c1-13-4-5-17(27-12-14-6-9-23-10-7-14)19(22)18(13)20(26)16-11-25-21-15(16)3-2-8-24-21/h2-11H,12H2,1H3,(H,24,25). The molecular weight excluding hydrogens is 345 g/mol. The summed E-state index contributed by atoms with van der Waals surface area (Å²) in [7, 11) is 0. The Kier molecular flexibility index (Phi) is 4.38. The van der Waals surface area contributed by atoms with Gasteiger partial charge in [-0.15, -0.1) is 0 Å². The number of carbonyl (C=O) groups is 1. The van der Waals surface area contributed by atoms with Crippen molar-refractivity contribution in [3.63, 3.8) is 0 Å². The van der Waals surface area contributed by atoms with Crippen LogP contribution in [0, 0.1) is 12.7 Å². The van der Waals surface area contributed by atoms with Crippen LogP contribution in [0.25, 0.3) is 11.0 Å². The van der Waals surface area contributed by atoms with Gasteiger partial charge >= 0.3 is 0 Å². The number of hydrogen-bond acceptors (Lipinski definition) is 4. The van der Waals surface area contributed by atoms with Gasteiger partial charge in [0, 0.05) is 35.7 Å². The number of ether oxygens (including phenoxy) is 1. The van der Waals surface area contributed by atoms with Crippen molar-refractivity contribution >= 4 is 16.8 Å². The van der Waals surface area contributed by atoms with Crippen molar-refractivity contribution in [2.24, 2.45) is 0 Å². The Morgan fingerprint density at radius 1 is 1.15 bits per heavy atom. The Balaban J connectivity index is 1.69. The lowest BCUT2D eigenvalue weighted by Gasteiger charge is -2.12. The Bertz CT molecular complexity index is 1120. The average molecular weight is 361 g/mol. The number of halogens is 1. The zero-order chi connectivity index (χ0) is 18.8. The fourth-order valence-corrected chi connectivity index (χ4v) is 2.96. The molecule has 0 aliphatic rings. The number of pyridine rings is 2. The molecule has 27 heavy (non-hydrogen) atoms. The highest BCUT2D eigenvalue weighted by molar-refractivity contribution is 6.16. The van der Waals surface area contributed by atoms with Gasteiger partial charge in [0.2, 0.25) is 0 Å². The maximum Gasteiger partial charge on any atom is 0.198 e. The predicted octanol–water partition coefficient (Wildman–Crippen LogP) is 4.22. The van der Waals surface area contributed by atoms with Crippen molar-refractivity contribution in [2.45, 2.75) is 13.5 Å². The molecule has 0 bridgehead atoms. The van der Waals surface area contributed by atoms with Crippen LogP contribution in [0.15, 0.2) is 61.2 Å². The first-order valence-corrected chi connectivity index (χ1v) is 8.43. The van der Waals surface area contributed by atoms with Gasteiger partial charge in [-0.05, 0) is 48.4 Å². The highest BCUT2D eigenvalue weighted by Crippen LogP contribution is 2.28. The minimum atomic E-state index is -0.660. The average Bonchev–Trinajstić information content (AvgIpc) is 3.12. The third-order valence-corrected chi connectivity index (χ3v) is 4.38. The molecule has 0 atom stereocenters. The van der Waals surface area contributed by atoms with E-state index in [0.29, 0.717) is 22.2 Å². The van der Waals surface area contributed by atoms with E-state index < -0.39 is 11.6 Å². The third-order valence-electron chi connectivity index (χ3n) is 4.38. The summed E-state index contributed by atoms with van der Waals surface area (Å²) in [5.74, 6) is -1.02. The Labute approximate surface area is 154 Å². The first-order chi connectivity index (χ1) is 13.1. The van der Waals surface area contributed by atoms with Crippen molar-refractivity contribution in [3.8, 4) is 5.75 Å². The van der Waals surface area contributed by atoms with Crippen LogP contribution >= 0.6 is 0 Å². The SMILES string of the molecule is Cc1ccc(OCc2ccncc2)c(F)c1C(=O)c1c[nH]c2ncccc12. The predicted molar refractivity (Wildman–Crippen MR) is 99.2 cm³/mol. The van der Waals surface area contributed by atoms with E-state index in [2.05, 4.69) is 15.0 Å². The summed E-state index contributed by atoms with van der Waals surface area (Å²) in [6.45, 7) is 1.89. The zero-order valence-corrected chi connectivity index (χ0v) is 14.6. The lowest BCUT2D eigenvalue weighted by atomic mass is 9.98. The third kappa shape index (κ3) is 3.17. The summed E-state index contributed by atoms with van der Waals surface area (Å²) >= 11 is 0. The number of nitrogens with one attached hydrogen (secondary N) is 1. The Morgan fingerprint density at radius 2 is 1.96 bits per heavy atom. The van der Waals surface area contributed by atoms with Gasteiger partial charge in [-0.2, -0.15) is 0 Å². The summed E-state index contributed by atoms with van der Waals surface area (Å²) in [6.07, 6.45) is 6.48. The van der Waals surface area contributed by atoms with Crippen molar-refractivity contribution in [3.05, 3.63) is 89.3 Å². The molecule has 0 unspecified atom stereocenters. The molecule has 1 N–H and O–H groups in total. The van der Waals surface area contributed by atoms with Crippen LogP contribution in [-0.4, -0.2) is 20.7 Å². The van der Waals surface area contributed by atoms with E-state index >= 15 is 4.39 Å². The molecule has 4 rings (SSSR count). The highest BCUT2D eigenvalue weighted by Gasteiger charge is 2.23. The minimum absolute atomic E-state index is 0.00646. The lowest BCUT2D eigenvalue weighted by Crippen LogP contribution is -2.09. The minimum Gasteiger partial charge on any atom is -0.486 e. The smallest absolute Gasteiger partial charge is 0.198 e. The first-order valence-electron chi connectivity index (χ1n) is 8.43. The van der Waals surface area contributed by atoms with Gasteiger partial charge in [-0.3, -0.25) is 9.78 Å². The largest absolute Gasteiger partial charge is 0.486 e. The number of fused-ring (bicyclic) bond motifs is 1. The van der Waals surface area contributed by atoms with Crippen LogP contribution in [0.3, 0.4) is 0 Å². The van der Waals surface area contributed by atoms with Crippen LogP contribution < -0.4 is 4.74 Å². The van der Waals surface area contributed by atoms with E-state index in [1.54, 1.807) is 68.1 Å². The normalized spacial score (nSPS) is 10.9. The lowest BCUT2D eigenvalue weighted by molar-refractivity contribution is 0.103. The summed E-state index contributed by atoms with van der Waals surface area (Å²) in [5.41, 5.74) is 2.38. The second-order valence-corrected chi connectivity index (χ2v) is 6.14. The molecule has 0 saturated carbocycles. The van der Waals surface area contributed by atoms with E-state index in [1.165, 1.54) is 0 Å². The summed E-state index contributed by atoms with van der Waals surface area (Å²) in [5, 5.41) is 0.657. The number of ketones is 1. The number of hydrogen-bond donors (Lipinski definition) is 1. The maximum absolute atomic E-state index is 15.1. The molecule has 0 spiro atoms. The maximum atomic E-state index is 15.1. The second kappa shape index (κ2) is 6.99. The van der Waals surface area contributed by atoms with Gasteiger partial charge < -0.3 is 9.72 Å². The molecule has 0 aliphatic heterocycles. The number of aromatic nitrogens is 3. The summed E-state index contributed by atoms with van der Waals surface area (Å²) in [4.78, 5) is 24.1. The fourth-order valence-electron chi connectivity index (χ4n) is 2.96. The van der Waals surface area contributed by atoms with Gasteiger partial charge in [0.25, 0.3) is 0 Å². The van der Waals surface area contributed by atoms with Gasteiger partial charge in [-0.25, -0.2) is 9.37 Å². The van der Waals surface area contributed by atoms with Crippen molar-refractivity contribution in [2.75, 3.05) is 0 Å². The van der Waals surface area contributed by atoms with Crippen molar-refractivity contribution in [1.82, 2.24) is 15.0 Å².